The number of aromatic amines is 1. The van der Waals surface area contributed by atoms with Gasteiger partial charge in [-0.3, -0.25) is 14.4 Å². The number of hydrogen-bond donors (Lipinski definition) is 2. The van der Waals surface area contributed by atoms with Gasteiger partial charge in [0.25, 0.3) is 11.5 Å². The van der Waals surface area contributed by atoms with E-state index in [2.05, 4.69) is 9.97 Å². The molecule has 7 nitrogen and oxygen atoms in total. The Balaban J connectivity index is 2.75. The lowest BCUT2D eigenvalue weighted by atomic mass is 10.2. The molecule has 0 aliphatic heterocycles. The minimum atomic E-state index is -0.890. The van der Waals surface area contributed by atoms with Gasteiger partial charge in [-0.05, 0) is 20.3 Å². The number of carboxylic acids is 1. The SMILES string of the molecule is CC(C)N(CCCC(=O)O)C(=O)c1c[nH]c(=O)cn1. The minimum Gasteiger partial charge on any atom is -0.481 e. The van der Waals surface area contributed by atoms with Crippen LogP contribution in [-0.2, 0) is 4.79 Å². The van der Waals surface area contributed by atoms with E-state index in [0.29, 0.717) is 13.0 Å². The third-order valence-electron chi connectivity index (χ3n) is 2.57. The Morgan fingerprint density at radius 3 is 2.63 bits per heavy atom. The Morgan fingerprint density at radius 2 is 2.16 bits per heavy atom. The molecule has 0 aliphatic rings. The third kappa shape index (κ3) is 4.53. The first kappa shape index (κ1) is 14.9. The quantitative estimate of drug-likeness (QED) is 0.780. The maximum Gasteiger partial charge on any atom is 0.303 e. The van der Waals surface area contributed by atoms with E-state index in [1.54, 1.807) is 0 Å². The second kappa shape index (κ2) is 6.67. The summed E-state index contributed by atoms with van der Waals surface area (Å²) in [4.78, 5) is 41.2. The number of aliphatic carboxylic acids is 1. The van der Waals surface area contributed by atoms with Gasteiger partial charge in [-0.2, -0.15) is 0 Å². The maximum atomic E-state index is 12.2. The molecular formula is C12H17N3O4. The van der Waals surface area contributed by atoms with Gasteiger partial charge in [0, 0.05) is 25.2 Å². The first-order chi connectivity index (χ1) is 8.91. The molecule has 1 amide bonds. The molecule has 1 aromatic heterocycles. The third-order valence-corrected chi connectivity index (χ3v) is 2.57. The smallest absolute Gasteiger partial charge is 0.303 e. The fraction of sp³-hybridized carbons (Fsp3) is 0.500. The average molecular weight is 267 g/mol. The molecule has 0 bridgehead atoms. The average Bonchev–Trinajstić information content (AvgIpc) is 2.34. The monoisotopic (exact) mass is 267 g/mol. The fourth-order valence-corrected chi connectivity index (χ4v) is 1.60. The predicted octanol–water partition coefficient (Wildman–Crippen LogP) is 0.485. The van der Waals surface area contributed by atoms with Gasteiger partial charge in [-0.15, -0.1) is 0 Å². The number of amides is 1. The zero-order valence-corrected chi connectivity index (χ0v) is 10.9. The molecule has 1 heterocycles. The highest BCUT2D eigenvalue weighted by Gasteiger charge is 2.19. The Hall–Kier alpha value is -2.18. The highest BCUT2D eigenvalue weighted by Crippen LogP contribution is 2.07. The van der Waals surface area contributed by atoms with Crippen molar-refractivity contribution >= 4 is 11.9 Å². The van der Waals surface area contributed by atoms with Gasteiger partial charge >= 0.3 is 5.97 Å². The second-order valence-corrected chi connectivity index (χ2v) is 4.39. The lowest BCUT2D eigenvalue weighted by Gasteiger charge is -2.26. The molecule has 0 spiro atoms. The van der Waals surface area contributed by atoms with Crippen LogP contribution in [-0.4, -0.2) is 44.4 Å². The van der Waals surface area contributed by atoms with Crippen molar-refractivity contribution in [1.82, 2.24) is 14.9 Å². The molecule has 0 aliphatic carbocycles. The van der Waals surface area contributed by atoms with E-state index in [1.807, 2.05) is 13.8 Å². The van der Waals surface area contributed by atoms with Crippen molar-refractivity contribution in [3.05, 3.63) is 28.4 Å². The van der Waals surface area contributed by atoms with Crippen LogP contribution in [0.25, 0.3) is 0 Å². The fourth-order valence-electron chi connectivity index (χ4n) is 1.60. The summed E-state index contributed by atoms with van der Waals surface area (Å²) in [6.45, 7) is 4.01. The van der Waals surface area contributed by atoms with Gasteiger partial charge in [-0.25, -0.2) is 4.98 Å². The molecule has 0 saturated carbocycles. The van der Waals surface area contributed by atoms with Gasteiger partial charge in [0.05, 0.1) is 6.20 Å². The van der Waals surface area contributed by atoms with Gasteiger partial charge in [-0.1, -0.05) is 0 Å². The molecule has 104 valence electrons. The van der Waals surface area contributed by atoms with Crippen molar-refractivity contribution < 1.29 is 14.7 Å². The van der Waals surface area contributed by atoms with Crippen molar-refractivity contribution in [3.8, 4) is 0 Å². The lowest BCUT2D eigenvalue weighted by molar-refractivity contribution is -0.137. The Morgan fingerprint density at radius 1 is 1.47 bits per heavy atom. The first-order valence-corrected chi connectivity index (χ1v) is 5.99. The molecule has 1 rings (SSSR count). The van der Waals surface area contributed by atoms with E-state index in [4.69, 9.17) is 5.11 Å². The van der Waals surface area contributed by atoms with Crippen LogP contribution in [0.5, 0.6) is 0 Å². The molecule has 0 unspecified atom stereocenters. The van der Waals surface area contributed by atoms with Crippen LogP contribution < -0.4 is 5.56 Å². The maximum absolute atomic E-state index is 12.2. The van der Waals surface area contributed by atoms with Crippen molar-refractivity contribution in [2.75, 3.05) is 6.54 Å². The van der Waals surface area contributed by atoms with Gasteiger partial charge < -0.3 is 15.0 Å². The molecule has 0 atom stereocenters. The molecule has 7 heteroatoms. The number of carbonyl (C=O) groups excluding carboxylic acids is 1. The number of H-pyrrole nitrogens is 1. The molecule has 0 fully saturated rings. The van der Waals surface area contributed by atoms with E-state index in [-0.39, 0.29) is 29.6 Å². The second-order valence-electron chi connectivity index (χ2n) is 4.39. The normalized spacial score (nSPS) is 10.5. The van der Waals surface area contributed by atoms with Crippen LogP contribution in [0.15, 0.2) is 17.2 Å². The summed E-state index contributed by atoms with van der Waals surface area (Å²) in [7, 11) is 0. The van der Waals surface area contributed by atoms with Crippen molar-refractivity contribution in [3.63, 3.8) is 0 Å². The van der Waals surface area contributed by atoms with Crippen LogP contribution >= 0.6 is 0 Å². The predicted molar refractivity (Wildman–Crippen MR) is 67.9 cm³/mol. The van der Waals surface area contributed by atoms with Gasteiger partial charge in [0.15, 0.2) is 0 Å². The summed E-state index contributed by atoms with van der Waals surface area (Å²) in [5.41, 5.74) is -0.234. The molecule has 1 aromatic rings. The van der Waals surface area contributed by atoms with E-state index in [0.717, 1.165) is 6.20 Å². The number of nitrogens with one attached hydrogen (secondary N) is 1. The van der Waals surface area contributed by atoms with E-state index < -0.39 is 5.97 Å². The number of nitrogens with zero attached hydrogens (tertiary/aromatic N) is 2. The minimum absolute atomic E-state index is 0.00948. The number of aromatic nitrogens is 2. The Bertz CT molecular complexity index is 489. The molecule has 2 N–H and O–H groups in total. The van der Waals surface area contributed by atoms with Gasteiger partial charge in [0.1, 0.15) is 5.69 Å². The Labute approximate surface area is 110 Å². The summed E-state index contributed by atoms with van der Waals surface area (Å²) in [6.07, 6.45) is 2.69. The first-order valence-electron chi connectivity index (χ1n) is 5.99. The topological polar surface area (TPSA) is 103 Å². The summed E-state index contributed by atoms with van der Waals surface area (Å²) in [6, 6.07) is -0.0741. The van der Waals surface area contributed by atoms with Crippen LogP contribution in [0.3, 0.4) is 0 Å². The summed E-state index contributed by atoms with van der Waals surface area (Å²) >= 11 is 0. The number of carboxylic acid groups (broad SMARTS) is 1. The standard InChI is InChI=1S/C12H17N3O4/c1-8(2)15(5-3-4-11(17)18)12(19)9-6-14-10(16)7-13-9/h6-8H,3-5H2,1-2H3,(H,14,16)(H,17,18). The molecule has 0 radical (unpaired) electrons. The summed E-state index contributed by atoms with van der Waals surface area (Å²) in [5.74, 6) is -1.21. The lowest BCUT2D eigenvalue weighted by Crippen LogP contribution is -2.38. The van der Waals surface area contributed by atoms with Crippen molar-refractivity contribution in [2.45, 2.75) is 32.7 Å². The number of hydrogen-bond acceptors (Lipinski definition) is 4. The largest absolute Gasteiger partial charge is 0.481 e. The van der Waals surface area contributed by atoms with E-state index in [1.165, 1.54) is 11.1 Å². The number of rotatable bonds is 6. The van der Waals surface area contributed by atoms with Crippen molar-refractivity contribution in [2.24, 2.45) is 0 Å². The highest BCUT2D eigenvalue weighted by atomic mass is 16.4. The number of carbonyl (C=O) groups is 2. The van der Waals surface area contributed by atoms with Crippen molar-refractivity contribution in [1.29, 1.82) is 0 Å². The van der Waals surface area contributed by atoms with Crippen LogP contribution in [0.4, 0.5) is 0 Å². The van der Waals surface area contributed by atoms with Gasteiger partial charge in [0.2, 0.25) is 0 Å². The van der Waals surface area contributed by atoms with E-state index >= 15 is 0 Å². The highest BCUT2D eigenvalue weighted by molar-refractivity contribution is 5.92. The molecule has 0 aromatic carbocycles. The summed E-state index contributed by atoms with van der Waals surface area (Å²) < 4.78 is 0. The zero-order chi connectivity index (χ0) is 14.4. The van der Waals surface area contributed by atoms with Crippen LogP contribution in [0, 0.1) is 0 Å². The van der Waals surface area contributed by atoms with E-state index in [9.17, 15) is 14.4 Å². The summed E-state index contributed by atoms with van der Waals surface area (Å²) in [5, 5.41) is 8.60. The van der Waals surface area contributed by atoms with Crippen LogP contribution in [0.1, 0.15) is 37.2 Å². The zero-order valence-electron chi connectivity index (χ0n) is 10.9. The van der Waals surface area contributed by atoms with Crippen LogP contribution in [0.2, 0.25) is 0 Å². The molecule has 19 heavy (non-hydrogen) atoms. The molecule has 0 saturated heterocycles. The molecular weight excluding hydrogens is 250 g/mol. The Kier molecular flexibility index (Phi) is 5.23.